The van der Waals surface area contributed by atoms with Crippen LogP contribution in [-0.2, 0) is 6.42 Å². The molecule has 0 nitrogen and oxygen atoms in total. The van der Waals surface area contributed by atoms with Gasteiger partial charge in [0.05, 0.1) is 6.08 Å². The summed E-state index contributed by atoms with van der Waals surface area (Å²) in [5.41, 5.74) is 2.89. The van der Waals surface area contributed by atoms with Crippen LogP contribution < -0.4 is 0 Å². The maximum absolute atomic E-state index is 13.8. The Balaban J connectivity index is 1.43. The van der Waals surface area contributed by atoms with Gasteiger partial charge in [0.15, 0.2) is 0 Å². The molecule has 2 aliphatic rings. The Kier molecular flexibility index (Phi) is 8.42. The third-order valence-corrected chi connectivity index (χ3v) is 7.42. The molecular weight excluding hydrogens is 388 g/mol. The van der Waals surface area contributed by atoms with E-state index in [1.165, 1.54) is 62.5 Å². The van der Waals surface area contributed by atoms with Crippen LogP contribution in [0.4, 0.5) is 17.6 Å². The number of rotatable bonds is 7. The molecule has 0 saturated heterocycles. The molecule has 0 bridgehead atoms. The van der Waals surface area contributed by atoms with E-state index in [1.807, 2.05) is 0 Å². The highest BCUT2D eigenvalue weighted by atomic mass is 19.4. The third-order valence-electron chi connectivity index (χ3n) is 7.42. The van der Waals surface area contributed by atoms with E-state index in [0.29, 0.717) is 30.6 Å². The summed E-state index contributed by atoms with van der Waals surface area (Å²) >= 11 is 0. The minimum Gasteiger partial charge on any atom is -0.212 e. The Morgan fingerprint density at radius 2 is 1.43 bits per heavy atom. The SMILES string of the molecule is CCCCCc1ccc(C2CCC(C3CCC(C(F)=CC(F)(F)F)CC3)CC2)cc1. The maximum Gasteiger partial charge on any atom is 0.412 e. The van der Waals surface area contributed by atoms with Gasteiger partial charge in [-0.1, -0.05) is 44.0 Å². The first-order chi connectivity index (χ1) is 14.4. The molecule has 0 spiro atoms. The average molecular weight is 425 g/mol. The fourth-order valence-electron chi connectivity index (χ4n) is 5.60. The van der Waals surface area contributed by atoms with Crippen molar-refractivity contribution >= 4 is 0 Å². The molecule has 2 fully saturated rings. The Morgan fingerprint density at radius 1 is 0.867 bits per heavy atom. The molecule has 0 N–H and O–H groups in total. The number of alkyl halides is 3. The van der Waals surface area contributed by atoms with Crippen molar-refractivity contribution in [1.29, 1.82) is 0 Å². The zero-order valence-electron chi connectivity index (χ0n) is 18.2. The monoisotopic (exact) mass is 424 g/mol. The molecule has 2 saturated carbocycles. The van der Waals surface area contributed by atoms with E-state index < -0.39 is 17.9 Å². The van der Waals surface area contributed by atoms with Gasteiger partial charge < -0.3 is 0 Å². The number of unbranched alkanes of at least 4 members (excludes halogenated alkanes) is 2. The number of benzene rings is 1. The molecule has 1 aromatic rings. The van der Waals surface area contributed by atoms with Crippen LogP contribution in [0.1, 0.15) is 94.6 Å². The van der Waals surface area contributed by atoms with Crippen LogP contribution in [0.25, 0.3) is 0 Å². The number of hydrogen-bond acceptors (Lipinski definition) is 0. The van der Waals surface area contributed by atoms with Gasteiger partial charge in [-0.05, 0) is 93.1 Å². The van der Waals surface area contributed by atoms with Crippen molar-refractivity contribution < 1.29 is 17.6 Å². The van der Waals surface area contributed by atoms with Gasteiger partial charge in [0.1, 0.15) is 5.83 Å². The van der Waals surface area contributed by atoms with Gasteiger partial charge in [0, 0.05) is 5.92 Å². The van der Waals surface area contributed by atoms with Crippen LogP contribution >= 0.6 is 0 Å². The van der Waals surface area contributed by atoms with Gasteiger partial charge in [-0.2, -0.15) is 13.2 Å². The first-order valence-electron chi connectivity index (χ1n) is 11.9. The van der Waals surface area contributed by atoms with E-state index in [-0.39, 0.29) is 6.08 Å². The summed E-state index contributed by atoms with van der Waals surface area (Å²) in [5, 5.41) is 0. The van der Waals surface area contributed by atoms with Gasteiger partial charge in [0.25, 0.3) is 0 Å². The molecule has 0 aromatic heterocycles. The van der Waals surface area contributed by atoms with E-state index in [4.69, 9.17) is 0 Å². The molecule has 168 valence electrons. The van der Waals surface area contributed by atoms with E-state index in [9.17, 15) is 17.6 Å². The zero-order valence-corrected chi connectivity index (χ0v) is 18.2. The average Bonchev–Trinajstić information content (AvgIpc) is 2.73. The van der Waals surface area contributed by atoms with Crippen molar-refractivity contribution in [1.82, 2.24) is 0 Å². The molecule has 0 radical (unpaired) electrons. The molecular formula is C26H36F4. The van der Waals surface area contributed by atoms with Gasteiger partial charge in [0.2, 0.25) is 0 Å². The van der Waals surface area contributed by atoms with Gasteiger partial charge >= 0.3 is 6.18 Å². The molecule has 1 aromatic carbocycles. The Bertz CT molecular complexity index is 657. The first-order valence-corrected chi connectivity index (χ1v) is 11.9. The number of hydrogen-bond donors (Lipinski definition) is 0. The second-order valence-corrected chi connectivity index (χ2v) is 9.49. The van der Waals surface area contributed by atoms with E-state index in [2.05, 4.69) is 31.2 Å². The second kappa shape index (κ2) is 10.8. The largest absolute Gasteiger partial charge is 0.412 e. The van der Waals surface area contributed by atoms with Crippen molar-refractivity contribution in [3.63, 3.8) is 0 Å². The Labute approximate surface area is 179 Å². The molecule has 0 unspecified atom stereocenters. The third kappa shape index (κ3) is 6.85. The van der Waals surface area contributed by atoms with Crippen LogP contribution in [0.3, 0.4) is 0 Å². The lowest BCUT2D eigenvalue weighted by Crippen LogP contribution is -2.26. The minimum absolute atomic E-state index is 0.141. The van der Waals surface area contributed by atoms with Crippen molar-refractivity contribution in [2.24, 2.45) is 17.8 Å². The van der Waals surface area contributed by atoms with Crippen LogP contribution in [0, 0.1) is 17.8 Å². The topological polar surface area (TPSA) is 0 Å². The fourth-order valence-corrected chi connectivity index (χ4v) is 5.60. The lowest BCUT2D eigenvalue weighted by Gasteiger charge is -2.37. The zero-order chi connectivity index (χ0) is 21.6. The molecule has 0 atom stereocenters. The summed E-state index contributed by atoms with van der Waals surface area (Å²) in [7, 11) is 0. The Hall–Kier alpha value is -1.32. The smallest absolute Gasteiger partial charge is 0.212 e. The standard InChI is InChI=1S/C26H36F4/c1-2-3-4-5-19-6-8-20(9-7-19)21-10-12-22(13-11-21)23-14-16-24(17-15-23)25(27)18-26(28,29)30/h6-9,18,21-24H,2-5,10-17H2,1H3. The fraction of sp³-hybridized carbons (Fsp3) is 0.692. The summed E-state index contributed by atoms with van der Waals surface area (Å²) in [6.45, 7) is 2.23. The molecule has 2 aliphatic carbocycles. The minimum atomic E-state index is -4.55. The Morgan fingerprint density at radius 3 is 1.97 bits per heavy atom. The van der Waals surface area contributed by atoms with E-state index in [0.717, 1.165) is 12.8 Å². The molecule has 0 aliphatic heterocycles. The lowest BCUT2D eigenvalue weighted by atomic mass is 9.68. The molecule has 4 heteroatoms. The van der Waals surface area contributed by atoms with Gasteiger partial charge in [-0.15, -0.1) is 0 Å². The number of halogens is 4. The molecule has 0 amide bonds. The van der Waals surface area contributed by atoms with Crippen LogP contribution in [0.15, 0.2) is 36.2 Å². The molecule has 3 rings (SSSR count). The highest BCUT2D eigenvalue weighted by molar-refractivity contribution is 5.26. The van der Waals surface area contributed by atoms with E-state index >= 15 is 0 Å². The van der Waals surface area contributed by atoms with Crippen LogP contribution in [0.5, 0.6) is 0 Å². The number of aryl methyl sites for hydroxylation is 1. The summed E-state index contributed by atoms with van der Waals surface area (Å²) in [5.74, 6) is 0.347. The van der Waals surface area contributed by atoms with Crippen LogP contribution in [-0.4, -0.2) is 6.18 Å². The summed E-state index contributed by atoms with van der Waals surface area (Å²) < 4.78 is 51.0. The van der Waals surface area contributed by atoms with Crippen LogP contribution in [0.2, 0.25) is 0 Å². The summed E-state index contributed by atoms with van der Waals surface area (Å²) in [6, 6.07) is 9.21. The van der Waals surface area contributed by atoms with Crippen molar-refractivity contribution in [2.75, 3.05) is 0 Å². The maximum atomic E-state index is 13.8. The van der Waals surface area contributed by atoms with E-state index in [1.54, 1.807) is 0 Å². The normalized spacial score (nSPS) is 28.5. The van der Waals surface area contributed by atoms with Crippen molar-refractivity contribution in [3.05, 3.63) is 47.3 Å². The summed E-state index contributed by atoms with van der Waals surface area (Å²) in [4.78, 5) is 0. The second-order valence-electron chi connectivity index (χ2n) is 9.49. The van der Waals surface area contributed by atoms with Gasteiger partial charge in [-0.3, -0.25) is 0 Å². The lowest BCUT2D eigenvalue weighted by molar-refractivity contribution is -0.0821. The van der Waals surface area contributed by atoms with Crippen molar-refractivity contribution in [2.45, 2.75) is 96.1 Å². The molecule has 30 heavy (non-hydrogen) atoms. The molecule has 0 heterocycles. The van der Waals surface area contributed by atoms with Crippen molar-refractivity contribution in [3.8, 4) is 0 Å². The summed E-state index contributed by atoms with van der Waals surface area (Å²) in [6.07, 6.45) is 7.92. The predicted octanol–water partition coefficient (Wildman–Crippen LogP) is 8.92. The predicted molar refractivity (Wildman–Crippen MR) is 115 cm³/mol. The highest BCUT2D eigenvalue weighted by Gasteiger charge is 2.34. The quantitative estimate of drug-likeness (QED) is 0.303. The first kappa shape index (κ1) is 23.3. The highest BCUT2D eigenvalue weighted by Crippen LogP contribution is 2.45. The number of allylic oxidation sites excluding steroid dienone is 2. The van der Waals surface area contributed by atoms with Gasteiger partial charge in [-0.25, -0.2) is 4.39 Å².